The summed E-state index contributed by atoms with van der Waals surface area (Å²) in [5.41, 5.74) is 0. The zero-order chi connectivity index (χ0) is 4.41. The molecule has 0 aromatic rings. The fourth-order valence-electron chi connectivity index (χ4n) is 0.415. The van der Waals surface area contributed by atoms with Gasteiger partial charge in [0.2, 0.25) is 0 Å². The van der Waals surface area contributed by atoms with Crippen molar-refractivity contribution in [2.45, 2.75) is 0 Å². The number of hydrogen-bond acceptors (Lipinski definition) is 1. The Bertz CT molecular complexity index is 67.3. The van der Waals surface area contributed by atoms with E-state index < -0.39 is 0 Å². The van der Waals surface area contributed by atoms with E-state index in [2.05, 4.69) is 10.6 Å². The van der Waals surface area contributed by atoms with Crippen LogP contribution in [0.3, 0.4) is 0 Å². The minimum Gasteiger partial charge on any atom is -0.361 e. The average Bonchev–Trinajstić information content (AvgIpc) is 1.86. The number of rotatable bonds is 0. The summed E-state index contributed by atoms with van der Waals surface area (Å²) in [5.74, 6) is 0. The van der Waals surface area contributed by atoms with E-state index in [1.165, 1.54) is 0 Å². The van der Waals surface area contributed by atoms with Crippen LogP contribution in [0.2, 0.25) is 0 Å². The van der Waals surface area contributed by atoms with Crippen molar-refractivity contribution in [2.75, 3.05) is 13.1 Å². The van der Waals surface area contributed by atoms with Gasteiger partial charge in [-0.2, -0.15) is 0 Å². The molecule has 7 heavy (non-hydrogen) atoms. The van der Waals surface area contributed by atoms with Crippen LogP contribution in [0.15, 0.2) is 0 Å². The molecule has 1 fully saturated rings. The minimum atomic E-state index is 0. The third kappa shape index (κ3) is 2.20. The molecule has 0 spiro atoms. The van der Waals surface area contributed by atoms with Crippen molar-refractivity contribution in [3.8, 4) is 0 Å². The Morgan fingerprint density at radius 3 is 1.86 bits per heavy atom. The van der Waals surface area contributed by atoms with Gasteiger partial charge in [0.25, 0.3) is 0 Å². The summed E-state index contributed by atoms with van der Waals surface area (Å²) >= 11 is 4.70. The second kappa shape index (κ2) is 3.33. The van der Waals surface area contributed by atoms with Crippen molar-refractivity contribution in [1.82, 2.24) is 10.6 Å². The molecule has 0 atom stereocenters. The van der Waals surface area contributed by atoms with Gasteiger partial charge in [-0.05, 0) is 12.2 Å². The molecule has 1 rings (SSSR count). The van der Waals surface area contributed by atoms with E-state index in [0.29, 0.717) is 0 Å². The first-order valence-corrected chi connectivity index (χ1v) is 2.32. The van der Waals surface area contributed by atoms with E-state index in [1.807, 2.05) is 0 Å². The van der Waals surface area contributed by atoms with Crippen molar-refractivity contribution in [2.24, 2.45) is 0 Å². The van der Waals surface area contributed by atoms with E-state index in [9.17, 15) is 0 Å². The molecule has 0 bridgehead atoms. The van der Waals surface area contributed by atoms with Gasteiger partial charge in [-0.15, -0.1) is 0 Å². The van der Waals surface area contributed by atoms with Crippen LogP contribution in [-0.2, 0) is 19.5 Å². The summed E-state index contributed by atoms with van der Waals surface area (Å²) in [6, 6.07) is 0. The second-order valence-corrected chi connectivity index (χ2v) is 1.59. The molecule has 0 aromatic carbocycles. The standard InChI is InChI=1S/C3H6N2S.Zn/c6-3-4-1-2-5-3;/h1-2H2,(H2,4,5,6);. The van der Waals surface area contributed by atoms with Crippen LogP contribution in [0.4, 0.5) is 0 Å². The van der Waals surface area contributed by atoms with Crippen LogP contribution >= 0.6 is 12.2 Å². The van der Waals surface area contributed by atoms with Crippen LogP contribution in [-0.4, -0.2) is 18.2 Å². The summed E-state index contributed by atoms with van der Waals surface area (Å²) in [7, 11) is 0. The number of hydrogen-bond donors (Lipinski definition) is 2. The van der Waals surface area contributed by atoms with Crippen molar-refractivity contribution in [1.29, 1.82) is 0 Å². The molecule has 1 aliphatic heterocycles. The predicted octanol–water partition coefficient (Wildman–Crippen LogP) is -0.538. The summed E-state index contributed by atoms with van der Waals surface area (Å²) in [6.45, 7) is 1.97. The Morgan fingerprint density at radius 2 is 1.71 bits per heavy atom. The largest absolute Gasteiger partial charge is 0.361 e. The Balaban J connectivity index is 0.000000360. The van der Waals surface area contributed by atoms with E-state index in [4.69, 9.17) is 12.2 Å². The molecule has 1 heterocycles. The molecular formula is C3H6N2SZn. The molecule has 2 nitrogen and oxygen atoms in total. The molecule has 0 radical (unpaired) electrons. The Kier molecular flexibility index (Phi) is 3.48. The van der Waals surface area contributed by atoms with Crippen LogP contribution < -0.4 is 10.6 Å². The molecule has 4 heteroatoms. The molecule has 36 valence electrons. The predicted molar refractivity (Wildman–Crippen MR) is 28.6 cm³/mol. The summed E-state index contributed by atoms with van der Waals surface area (Å²) in [5, 5.41) is 6.67. The third-order valence-corrected chi connectivity index (χ3v) is 0.985. The van der Waals surface area contributed by atoms with Crippen LogP contribution in [0.5, 0.6) is 0 Å². The maximum absolute atomic E-state index is 4.70. The maximum Gasteiger partial charge on any atom is 0.166 e. The zero-order valence-corrected chi connectivity index (χ0v) is 7.81. The smallest absolute Gasteiger partial charge is 0.166 e. The molecule has 0 aromatic heterocycles. The fraction of sp³-hybridized carbons (Fsp3) is 0.667. The number of nitrogens with one attached hydrogen (secondary N) is 2. The van der Waals surface area contributed by atoms with Crippen LogP contribution in [0.25, 0.3) is 0 Å². The van der Waals surface area contributed by atoms with Crippen molar-refractivity contribution >= 4 is 17.3 Å². The second-order valence-electron chi connectivity index (χ2n) is 1.18. The van der Waals surface area contributed by atoms with Crippen LogP contribution in [0, 0.1) is 0 Å². The molecule has 0 saturated carbocycles. The molecular weight excluding hydrogens is 162 g/mol. The Morgan fingerprint density at radius 1 is 1.29 bits per heavy atom. The average molecular weight is 168 g/mol. The summed E-state index contributed by atoms with van der Waals surface area (Å²) in [6.07, 6.45) is 0. The first-order chi connectivity index (χ1) is 2.89. The van der Waals surface area contributed by atoms with Gasteiger partial charge in [0, 0.05) is 32.6 Å². The van der Waals surface area contributed by atoms with Gasteiger partial charge in [0.1, 0.15) is 0 Å². The summed E-state index contributed by atoms with van der Waals surface area (Å²) < 4.78 is 0. The van der Waals surface area contributed by atoms with Crippen molar-refractivity contribution in [3.63, 3.8) is 0 Å². The molecule has 2 N–H and O–H groups in total. The van der Waals surface area contributed by atoms with Gasteiger partial charge < -0.3 is 10.6 Å². The molecule has 0 aliphatic carbocycles. The molecule has 1 aliphatic rings. The van der Waals surface area contributed by atoms with E-state index in [0.717, 1.165) is 18.2 Å². The molecule has 0 amide bonds. The van der Waals surface area contributed by atoms with Gasteiger partial charge in [-0.3, -0.25) is 0 Å². The van der Waals surface area contributed by atoms with Crippen molar-refractivity contribution < 1.29 is 19.5 Å². The SMILES string of the molecule is S=C1NCCN1.[Zn]. The normalized spacial score (nSPS) is 16.9. The Labute approximate surface area is 60.8 Å². The quantitative estimate of drug-likeness (QED) is 0.375. The fourth-order valence-corrected chi connectivity index (χ4v) is 0.619. The van der Waals surface area contributed by atoms with Gasteiger partial charge in [0.05, 0.1) is 0 Å². The van der Waals surface area contributed by atoms with E-state index >= 15 is 0 Å². The first kappa shape index (κ1) is 7.31. The van der Waals surface area contributed by atoms with Gasteiger partial charge in [-0.25, -0.2) is 0 Å². The van der Waals surface area contributed by atoms with E-state index in [1.54, 1.807) is 0 Å². The Hall–Kier alpha value is 0.313. The first-order valence-electron chi connectivity index (χ1n) is 1.91. The third-order valence-electron chi connectivity index (χ3n) is 0.696. The molecule has 0 unspecified atom stereocenters. The minimum absolute atomic E-state index is 0. The maximum atomic E-state index is 4.70. The monoisotopic (exact) mass is 166 g/mol. The zero-order valence-electron chi connectivity index (χ0n) is 4.03. The number of thiocarbonyl (C=S) groups is 1. The van der Waals surface area contributed by atoms with Gasteiger partial charge in [-0.1, -0.05) is 0 Å². The summed E-state index contributed by atoms with van der Waals surface area (Å²) in [4.78, 5) is 0. The van der Waals surface area contributed by atoms with Gasteiger partial charge >= 0.3 is 0 Å². The van der Waals surface area contributed by atoms with Crippen molar-refractivity contribution in [3.05, 3.63) is 0 Å². The van der Waals surface area contributed by atoms with Gasteiger partial charge in [0.15, 0.2) is 5.11 Å². The topological polar surface area (TPSA) is 24.1 Å². The molecule has 1 saturated heterocycles. The van der Waals surface area contributed by atoms with Crippen LogP contribution in [0.1, 0.15) is 0 Å². The van der Waals surface area contributed by atoms with E-state index in [-0.39, 0.29) is 19.5 Å².